The van der Waals surface area contributed by atoms with Crippen LogP contribution in [0.1, 0.15) is 76.6 Å². The predicted molar refractivity (Wildman–Crippen MR) is 195 cm³/mol. The number of nitrogens with zero attached hydrogens (tertiary/aromatic N) is 3. The van der Waals surface area contributed by atoms with Gasteiger partial charge in [0.1, 0.15) is 11.8 Å². The Bertz CT molecular complexity index is 1680. The molecule has 0 radical (unpaired) electrons. The number of hydrogen-bond acceptors (Lipinski definition) is 5. The Morgan fingerprint density at radius 2 is 1.60 bits per heavy atom. The van der Waals surface area contributed by atoms with Crippen LogP contribution in [0.4, 0.5) is 16.2 Å². The van der Waals surface area contributed by atoms with E-state index in [1.165, 1.54) is 0 Å². The number of para-hydroxylation sites is 1. The van der Waals surface area contributed by atoms with E-state index in [9.17, 15) is 4.79 Å². The van der Waals surface area contributed by atoms with Gasteiger partial charge in [-0.2, -0.15) is 0 Å². The van der Waals surface area contributed by atoms with Crippen LogP contribution in [0.3, 0.4) is 0 Å². The molecule has 3 aromatic rings. The summed E-state index contributed by atoms with van der Waals surface area (Å²) < 4.78 is 13.9. The minimum atomic E-state index is -2.12. The van der Waals surface area contributed by atoms with Crippen LogP contribution >= 0.6 is 15.9 Å². The van der Waals surface area contributed by atoms with Crippen molar-refractivity contribution >= 4 is 47.6 Å². The maximum atomic E-state index is 15.4. The number of halogens is 1. The number of anilines is 2. The highest BCUT2D eigenvalue weighted by Crippen LogP contribution is 2.63. The molecule has 0 aromatic heterocycles. The molecule has 4 atom stereocenters. The number of ether oxygens (including phenoxy) is 1. The van der Waals surface area contributed by atoms with Crippen molar-refractivity contribution in [3.63, 3.8) is 0 Å². The van der Waals surface area contributed by atoms with Crippen LogP contribution in [-0.4, -0.2) is 57.2 Å². The van der Waals surface area contributed by atoms with Crippen LogP contribution in [0.15, 0.2) is 77.3 Å². The zero-order valence-electron chi connectivity index (χ0n) is 29.1. The molecule has 3 aliphatic rings. The lowest BCUT2D eigenvalue weighted by Gasteiger charge is -2.56. The van der Waals surface area contributed by atoms with Crippen molar-refractivity contribution in [2.45, 2.75) is 95.2 Å². The lowest BCUT2D eigenvalue weighted by molar-refractivity contribution is -0.143. The van der Waals surface area contributed by atoms with Crippen molar-refractivity contribution in [2.75, 3.05) is 30.0 Å². The monoisotopic (exact) mass is 717 g/mol. The fourth-order valence-electron chi connectivity index (χ4n) is 7.63. The summed E-state index contributed by atoms with van der Waals surface area (Å²) in [4.78, 5) is 35.7. The van der Waals surface area contributed by atoms with E-state index in [4.69, 9.17) is 9.16 Å². The van der Waals surface area contributed by atoms with Crippen molar-refractivity contribution in [3.8, 4) is 0 Å². The summed E-state index contributed by atoms with van der Waals surface area (Å²) in [7, 11) is -0.0840. The van der Waals surface area contributed by atoms with Crippen LogP contribution in [0.2, 0.25) is 18.1 Å². The van der Waals surface area contributed by atoms with E-state index >= 15 is 4.79 Å². The molecule has 47 heavy (non-hydrogen) atoms. The minimum Gasteiger partial charge on any atom is -0.443 e. The number of fused-ring (bicyclic) bond motifs is 3. The molecule has 0 unspecified atom stereocenters. The zero-order valence-corrected chi connectivity index (χ0v) is 31.7. The van der Waals surface area contributed by atoms with E-state index < -0.39 is 37.5 Å². The van der Waals surface area contributed by atoms with E-state index in [0.717, 1.165) is 26.9 Å². The maximum Gasteiger partial charge on any atom is 0.416 e. The summed E-state index contributed by atoms with van der Waals surface area (Å²) in [6, 6.07) is 24.1. The summed E-state index contributed by atoms with van der Waals surface area (Å²) in [5.41, 5.74) is 3.31. The van der Waals surface area contributed by atoms with Gasteiger partial charge in [-0.15, -0.1) is 0 Å². The van der Waals surface area contributed by atoms with Gasteiger partial charge in [-0.1, -0.05) is 91.3 Å². The predicted octanol–water partition coefficient (Wildman–Crippen LogP) is 9.00. The molecule has 3 heterocycles. The molecule has 2 amide bonds. The van der Waals surface area contributed by atoms with E-state index in [2.05, 4.69) is 83.9 Å². The Morgan fingerprint density at radius 3 is 2.26 bits per heavy atom. The quantitative estimate of drug-likeness (QED) is 0.247. The number of likely N-dealkylation sites (tertiary alicyclic amines) is 1. The van der Waals surface area contributed by atoms with E-state index in [-0.39, 0.29) is 17.0 Å². The molecule has 0 N–H and O–H groups in total. The maximum absolute atomic E-state index is 15.4. The summed E-state index contributed by atoms with van der Waals surface area (Å²) in [6.45, 7) is 17.9. The first-order valence-corrected chi connectivity index (χ1v) is 20.3. The van der Waals surface area contributed by atoms with Gasteiger partial charge in [-0.3, -0.25) is 9.69 Å². The Kier molecular flexibility index (Phi) is 8.45. The van der Waals surface area contributed by atoms with Gasteiger partial charge in [-0.05, 0) is 74.7 Å². The van der Waals surface area contributed by atoms with E-state index in [1.807, 2.05) is 81.2 Å². The van der Waals surface area contributed by atoms with Crippen LogP contribution < -0.4 is 9.80 Å². The average Bonchev–Trinajstić information content (AvgIpc) is 3.24. The summed E-state index contributed by atoms with van der Waals surface area (Å²) in [5.74, 6) is -0.472. The first kappa shape index (κ1) is 33.7. The molecule has 6 rings (SSSR count). The molecule has 7 nitrogen and oxygen atoms in total. The van der Waals surface area contributed by atoms with Crippen LogP contribution in [0.5, 0.6) is 0 Å². The second-order valence-corrected chi connectivity index (χ2v) is 21.4. The Hall–Kier alpha value is -3.14. The molecule has 9 heteroatoms. The van der Waals surface area contributed by atoms with Crippen molar-refractivity contribution in [1.29, 1.82) is 0 Å². The van der Waals surface area contributed by atoms with Crippen LogP contribution in [0, 0.1) is 0 Å². The molecular weight excluding hydrogens is 670 g/mol. The number of carbonyl (C=O) groups is 2. The van der Waals surface area contributed by atoms with Crippen molar-refractivity contribution in [1.82, 2.24) is 4.90 Å². The lowest BCUT2D eigenvalue weighted by Crippen LogP contribution is -2.67. The molecule has 250 valence electrons. The molecule has 0 aliphatic carbocycles. The Balaban J connectivity index is 1.52. The highest BCUT2D eigenvalue weighted by atomic mass is 79.9. The first-order valence-electron chi connectivity index (χ1n) is 16.6. The molecule has 3 aliphatic heterocycles. The summed E-state index contributed by atoms with van der Waals surface area (Å²) in [5, 5.41) is 0.0370. The molecular formula is C38H48BrN3O4Si. The smallest absolute Gasteiger partial charge is 0.416 e. The van der Waals surface area contributed by atoms with Gasteiger partial charge in [0.2, 0.25) is 5.91 Å². The number of hydrogen-bond donors (Lipinski definition) is 0. The normalized spacial score (nSPS) is 23.1. The minimum absolute atomic E-state index is 0.0370. The third kappa shape index (κ3) is 5.52. The third-order valence-corrected chi connectivity index (χ3v) is 15.9. The number of piperidine rings is 1. The third-order valence-electron chi connectivity index (χ3n) is 10.8. The second kappa shape index (κ2) is 11.8. The van der Waals surface area contributed by atoms with Crippen molar-refractivity contribution in [3.05, 3.63) is 94.0 Å². The molecule has 1 saturated heterocycles. The zero-order chi connectivity index (χ0) is 34.1. The highest BCUT2D eigenvalue weighted by Gasteiger charge is 2.66. The number of rotatable bonds is 5. The highest BCUT2D eigenvalue weighted by molar-refractivity contribution is 9.10. The number of amides is 2. The standard InChI is InChI=1S/C38H48BrN3O4Si/c1-36(2,3)46-35(44)42-28-20-14-13-18-26(28)31-33(43)41(23-22-38(31)32-27(39)19-15-21-29(32)40(7)34(38)42)30(25-16-11-10-12-17-25)24-45-47(8,9)37(4,5)6/h10-21,30-31,34H,22-24H2,1-9H3/t30-,31-,34+,38+/m1/s1. The topological polar surface area (TPSA) is 62.3 Å². The SMILES string of the molecule is CN1c2cccc(Br)c2[C@]23CCN([C@H](CO[Si](C)(C)C(C)(C)C)c4ccccc4)C(=O)[C@H]2c2ccccc2N(C(=O)OC(C)(C)C)[C@H]13. The Morgan fingerprint density at radius 1 is 0.957 bits per heavy atom. The summed E-state index contributed by atoms with van der Waals surface area (Å²) in [6.07, 6.45) is -0.218. The number of benzene rings is 3. The summed E-state index contributed by atoms with van der Waals surface area (Å²) >= 11 is 3.90. The van der Waals surface area contributed by atoms with Gasteiger partial charge in [-0.25, -0.2) is 4.79 Å². The molecule has 1 spiro atoms. The fourth-order valence-corrected chi connectivity index (χ4v) is 9.36. The van der Waals surface area contributed by atoms with E-state index in [0.29, 0.717) is 25.3 Å². The Labute approximate surface area is 289 Å². The number of carbonyl (C=O) groups excluding carboxylic acids is 2. The van der Waals surface area contributed by atoms with Gasteiger partial charge in [0, 0.05) is 29.3 Å². The molecule has 0 saturated carbocycles. The van der Waals surface area contributed by atoms with Gasteiger partial charge in [0.15, 0.2) is 8.32 Å². The second-order valence-electron chi connectivity index (χ2n) is 15.8. The van der Waals surface area contributed by atoms with Gasteiger partial charge < -0.3 is 19.0 Å². The van der Waals surface area contributed by atoms with Gasteiger partial charge >= 0.3 is 6.09 Å². The largest absolute Gasteiger partial charge is 0.443 e. The van der Waals surface area contributed by atoms with Gasteiger partial charge in [0.05, 0.1) is 29.7 Å². The fraction of sp³-hybridized carbons (Fsp3) is 0.474. The molecule has 3 aromatic carbocycles. The molecule has 1 fully saturated rings. The van der Waals surface area contributed by atoms with Crippen molar-refractivity contribution in [2.24, 2.45) is 0 Å². The van der Waals surface area contributed by atoms with Crippen LogP contribution in [-0.2, 0) is 19.4 Å². The van der Waals surface area contributed by atoms with Gasteiger partial charge in [0.25, 0.3) is 0 Å². The average molecular weight is 719 g/mol. The lowest BCUT2D eigenvalue weighted by atomic mass is 9.60. The first-order chi connectivity index (χ1) is 22.0. The molecule has 0 bridgehead atoms. The number of likely N-dealkylation sites (N-methyl/N-ethyl adjacent to an activating group) is 1. The van der Waals surface area contributed by atoms with Crippen LogP contribution in [0.25, 0.3) is 0 Å². The van der Waals surface area contributed by atoms with E-state index in [1.54, 1.807) is 0 Å². The van der Waals surface area contributed by atoms with Crippen molar-refractivity contribution < 1.29 is 18.8 Å².